The SMILES string of the molecule is CC(C)(C)c1cc(-c2c3nc(c(-c4cc(C(C)(C)C)cc(C(C)(C)C)c4)c4ccc([nH]4)c(-c4cc(C(C)(C)C)cc(C(C)(C)C)c4)c4nc(c(-c5cc(C(C)(C)C)cc(C(C)(C)C)c5)c5ccc2[nH]5)-c2[nH]c(-c5ccc(C=O)cc5)nc2-4)C([N+](=O)[O-])=C3)cc(C(C)(C)C)c1. The van der Waals surface area contributed by atoms with Crippen molar-refractivity contribution in [3.05, 3.63) is 193 Å². The van der Waals surface area contributed by atoms with Crippen LogP contribution in [0.3, 0.4) is 0 Å². The maximum absolute atomic E-state index is 14.4. The van der Waals surface area contributed by atoms with E-state index in [1.54, 1.807) is 6.08 Å². The number of aromatic nitrogens is 6. The molecular formula is C84H97N7O3. The van der Waals surface area contributed by atoms with E-state index in [-0.39, 0.29) is 59.6 Å². The highest BCUT2D eigenvalue weighted by molar-refractivity contribution is 6.05. The van der Waals surface area contributed by atoms with Gasteiger partial charge in [0.05, 0.1) is 22.0 Å². The minimum absolute atomic E-state index is 0.108. The summed E-state index contributed by atoms with van der Waals surface area (Å²) in [5.74, 6) is 0.620. The number of aldehydes is 1. The summed E-state index contributed by atoms with van der Waals surface area (Å²) in [5.41, 5.74) is 21.1. The summed E-state index contributed by atoms with van der Waals surface area (Å²) >= 11 is 0. The van der Waals surface area contributed by atoms with Crippen LogP contribution in [0.5, 0.6) is 0 Å². The van der Waals surface area contributed by atoms with Gasteiger partial charge in [0.2, 0.25) is 0 Å². The Morgan fingerprint density at radius 3 is 0.968 bits per heavy atom. The number of hydrogen-bond donors (Lipinski definition) is 3. The van der Waals surface area contributed by atoms with Crippen molar-refractivity contribution in [3.63, 3.8) is 0 Å². The van der Waals surface area contributed by atoms with Crippen molar-refractivity contribution in [1.82, 2.24) is 29.9 Å². The Morgan fingerprint density at radius 2 is 0.649 bits per heavy atom. The van der Waals surface area contributed by atoms with Crippen molar-refractivity contribution in [2.24, 2.45) is 0 Å². The van der Waals surface area contributed by atoms with Crippen molar-refractivity contribution in [1.29, 1.82) is 0 Å². The molecule has 0 unspecified atom stereocenters. The molecule has 11 rings (SSSR count). The van der Waals surface area contributed by atoms with Crippen LogP contribution in [0.4, 0.5) is 0 Å². The van der Waals surface area contributed by atoms with Crippen LogP contribution in [0.25, 0.3) is 113 Å². The van der Waals surface area contributed by atoms with Crippen LogP contribution in [0.1, 0.15) is 232 Å². The second kappa shape index (κ2) is 22.7. The first-order chi connectivity index (χ1) is 43.4. The predicted octanol–water partition coefficient (Wildman–Crippen LogP) is 22.7. The van der Waals surface area contributed by atoms with Crippen LogP contribution in [0, 0.1) is 10.1 Å². The molecule has 10 nitrogen and oxygen atoms in total. The zero-order valence-corrected chi connectivity index (χ0v) is 60.2. The molecule has 2 aliphatic rings. The van der Waals surface area contributed by atoms with Crippen LogP contribution in [0.15, 0.2) is 121 Å². The zero-order chi connectivity index (χ0) is 68.7. The van der Waals surface area contributed by atoms with E-state index in [2.05, 4.69) is 278 Å². The molecule has 0 spiro atoms. The van der Waals surface area contributed by atoms with Gasteiger partial charge in [0.15, 0.2) is 5.69 Å². The summed E-state index contributed by atoms with van der Waals surface area (Å²) in [5, 5.41) is 14.4. The Kier molecular flexibility index (Phi) is 16.1. The fraction of sp³-hybridized carbons (Fsp3) is 0.381. The molecule has 5 aromatic carbocycles. The molecule has 10 heteroatoms. The smallest absolute Gasteiger partial charge is 0.297 e. The third-order valence-corrected chi connectivity index (χ3v) is 18.9. The molecule has 8 bridgehead atoms. The molecule has 0 saturated carbocycles. The topological polar surface area (TPSA) is 146 Å². The highest BCUT2D eigenvalue weighted by atomic mass is 16.6. The largest absolute Gasteiger partial charge is 0.354 e. The van der Waals surface area contributed by atoms with E-state index in [4.69, 9.17) is 15.0 Å². The molecule has 4 aromatic heterocycles. The van der Waals surface area contributed by atoms with Crippen molar-refractivity contribution >= 4 is 40.1 Å². The lowest BCUT2D eigenvalue weighted by molar-refractivity contribution is -0.374. The maximum Gasteiger partial charge on any atom is 0.297 e. The molecule has 94 heavy (non-hydrogen) atoms. The van der Waals surface area contributed by atoms with Crippen molar-refractivity contribution in [2.45, 2.75) is 209 Å². The highest BCUT2D eigenvalue weighted by Crippen LogP contribution is 2.50. The number of hydrogen-bond acceptors (Lipinski definition) is 6. The summed E-state index contributed by atoms with van der Waals surface area (Å²) in [6.07, 6.45) is 2.56. The average molecular weight is 1250 g/mol. The molecule has 0 amide bonds. The lowest BCUT2D eigenvalue weighted by Gasteiger charge is -2.26. The van der Waals surface area contributed by atoms with Crippen molar-refractivity contribution in [3.8, 4) is 78.7 Å². The number of fused-ring (bicyclic) bond motifs is 11. The number of carbonyl (C=O) groups excluding carboxylic acids is 1. The number of H-pyrrole nitrogens is 3. The minimum atomic E-state index is -0.297. The summed E-state index contributed by atoms with van der Waals surface area (Å²) in [7, 11) is 0. The van der Waals surface area contributed by atoms with Gasteiger partial charge in [-0.1, -0.05) is 263 Å². The lowest BCUT2D eigenvalue weighted by atomic mass is 9.78. The van der Waals surface area contributed by atoms with Gasteiger partial charge in [-0.05, 0) is 134 Å². The molecule has 9 aromatic rings. The first kappa shape index (κ1) is 66.7. The molecule has 0 fully saturated rings. The lowest BCUT2D eigenvalue weighted by Crippen LogP contribution is -2.16. The van der Waals surface area contributed by atoms with Gasteiger partial charge in [-0.15, -0.1) is 0 Å². The number of benzene rings is 5. The van der Waals surface area contributed by atoms with Crippen LogP contribution < -0.4 is 0 Å². The standard InChI is InChI=1S/C84H97N7O3/c1-77(2,3)53-33-49(34-54(41-53)78(4,5)6)67-61-29-30-63(85-61)69(51-37-57(81(13,14)15)43-58(38-51)82(16,17)18)72-74-75(90-76(89-74)48-27-25-47(46-92)26-28-48)73(88-72)70(52-39-59(83(19,20)21)44-60(40-52)84(22,23)24)64-32-31-62(86-64)68(71-66(91(93)94)45-65(67)87-71)50-35-55(79(7,8)9)42-56(36-50)80(10,11)12/h25-46,85-86H,1-24H3,(H,89,90). The molecule has 2 aliphatic heterocycles. The van der Waals surface area contributed by atoms with E-state index in [0.29, 0.717) is 45.2 Å². The van der Waals surface area contributed by atoms with Crippen LogP contribution in [-0.4, -0.2) is 41.1 Å². The van der Waals surface area contributed by atoms with Gasteiger partial charge in [-0.3, -0.25) is 14.9 Å². The quantitative estimate of drug-likeness (QED) is 0.0823. The Balaban J connectivity index is 1.48. The fourth-order valence-corrected chi connectivity index (χ4v) is 12.6. The van der Waals surface area contributed by atoms with Crippen LogP contribution in [0.2, 0.25) is 0 Å². The van der Waals surface area contributed by atoms with Crippen molar-refractivity contribution < 1.29 is 9.72 Å². The molecule has 0 radical (unpaired) electrons. The van der Waals surface area contributed by atoms with Gasteiger partial charge in [0.25, 0.3) is 5.70 Å². The Labute approximate surface area is 557 Å². The van der Waals surface area contributed by atoms with Gasteiger partial charge < -0.3 is 15.0 Å². The third kappa shape index (κ3) is 12.9. The molecule has 0 aliphatic carbocycles. The molecular weight excluding hydrogens is 1150 g/mol. The molecule has 6 heterocycles. The molecule has 0 atom stereocenters. The zero-order valence-electron chi connectivity index (χ0n) is 60.2. The van der Waals surface area contributed by atoms with Gasteiger partial charge in [0.1, 0.15) is 23.5 Å². The Morgan fingerprint density at radius 1 is 0.340 bits per heavy atom. The Bertz CT molecular complexity index is 4640. The number of carbonyl (C=O) groups is 1. The number of rotatable bonds is 7. The maximum atomic E-state index is 14.4. The summed E-state index contributed by atoms with van der Waals surface area (Å²) in [4.78, 5) is 55.7. The second-order valence-corrected chi connectivity index (χ2v) is 34.8. The van der Waals surface area contributed by atoms with Gasteiger partial charge in [0, 0.05) is 61.5 Å². The normalized spacial score (nSPS) is 13.5. The summed E-state index contributed by atoms with van der Waals surface area (Å²) in [6.45, 7) is 53.8. The molecule has 486 valence electrons. The van der Waals surface area contributed by atoms with E-state index in [1.807, 2.05) is 24.3 Å². The second-order valence-electron chi connectivity index (χ2n) is 34.8. The van der Waals surface area contributed by atoms with E-state index < -0.39 is 0 Å². The van der Waals surface area contributed by atoms with E-state index in [9.17, 15) is 14.9 Å². The first-order valence-corrected chi connectivity index (χ1v) is 33.4. The van der Waals surface area contributed by atoms with Crippen molar-refractivity contribution in [2.75, 3.05) is 0 Å². The summed E-state index contributed by atoms with van der Waals surface area (Å²) in [6, 6.07) is 43.4. The highest BCUT2D eigenvalue weighted by Gasteiger charge is 2.35. The van der Waals surface area contributed by atoms with Gasteiger partial charge in [-0.25, -0.2) is 15.0 Å². The average Bonchev–Trinajstić information content (AvgIpc) is 1.55. The first-order valence-electron chi connectivity index (χ1n) is 33.4. The van der Waals surface area contributed by atoms with Gasteiger partial charge in [-0.2, -0.15) is 0 Å². The number of nitrogens with zero attached hydrogens (tertiary/aromatic N) is 4. The fourth-order valence-electron chi connectivity index (χ4n) is 12.6. The minimum Gasteiger partial charge on any atom is -0.354 e. The van der Waals surface area contributed by atoms with E-state index in [1.165, 1.54) is 11.1 Å². The van der Waals surface area contributed by atoms with Crippen LogP contribution in [-0.2, 0) is 43.3 Å². The third-order valence-electron chi connectivity index (χ3n) is 18.9. The Hall–Kier alpha value is -8.76. The number of nitro groups is 1. The monoisotopic (exact) mass is 1250 g/mol. The number of imidazole rings is 1. The predicted molar refractivity (Wildman–Crippen MR) is 395 cm³/mol. The van der Waals surface area contributed by atoms with Gasteiger partial charge >= 0.3 is 0 Å². The molecule has 3 N–H and O–H groups in total. The van der Waals surface area contributed by atoms with E-state index in [0.717, 1.165) is 106 Å². The van der Waals surface area contributed by atoms with E-state index >= 15 is 0 Å². The van der Waals surface area contributed by atoms with Crippen LogP contribution >= 0.6 is 0 Å². The summed E-state index contributed by atoms with van der Waals surface area (Å²) < 4.78 is 0. The number of aromatic amines is 3. The molecule has 0 saturated heterocycles. The number of nitrogens with one attached hydrogen (secondary N) is 3.